The van der Waals surface area contributed by atoms with E-state index in [0.29, 0.717) is 17.3 Å². The Bertz CT molecular complexity index is 505. The predicted molar refractivity (Wildman–Crippen MR) is 75.5 cm³/mol. The number of carboxylic acid groups (broad SMARTS) is 1. The number of ether oxygens (including phenoxy) is 2. The van der Waals surface area contributed by atoms with Gasteiger partial charge in [-0.3, -0.25) is 4.79 Å². The smallest absolute Gasteiger partial charge is 0.334 e. The molecule has 0 radical (unpaired) electrons. The van der Waals surface area contributed by atoms with E-state index in [1.54, 1.807) is 24.3 Å². The van der Waals surface area contributed by atoms with E-state index in [0.717, 1.165) is 0 Å². The van der Waals surface area contributed by atoms with Crippen molar-refractivity contribution in [2.75, 3.05) is 26.3 Å². The van der Waals surface area contributed by atoms with Crippen LogP contribution >= 0.6 is 11.6 Å². The largest absolute Gasteiger partial charge is 0.493 e. The molecule has 0 spiro atoms. The average Bonchev–Trinajstić information content (AvgIpc) is 2.49. The number of rotatable bonds is 5. The summed E-state index contributed by atoms with van der Waals surface area (Å²) in [5.41, 5.74) is 0. The van der Waals surface area contributed by atoms with Crippen molar-refractivity contribution in [1.29, 1.82) is 0 Å². The summed E-state index contributed by atoms with van der Waals surface area (Å²) >= 11 is 5.76. The van der Waals surface area contributed by atoms with Gasteiger partial charge >= 0.3 is 5.97 Å². The molecule has 1 heterocycles. The maximum atomic E-state index is 12.0. The summed E-state index contributed by atoms with van der Waals surface area (Å²) < 4.78 is 10.5. The summed E-state index contributed by atoms with van der Waals surface area (Å²) in [6.07, 6.45) is -0.755. The zero-order chi connectivity index (χ0) is 15.2. The molecule has 21 heavy (non-hydrogen) atoms. The molecule has 1 saturated heterocycles. The van der Waals surface area contributed by atoms with E-state index in [-0.39, 0.29) is 32.1 Å². The molecule has 114 valence electrons. The Labute approximate surface area is 127 Å². The van der Waals surface area contributed by atoms with Gasteiger partial charge in [0.25, 0.3) is 0 Å². The highest BCUT2D eigenvalue weighted by Gasteiger charge is 2.28. The number of benzene rings is 1. The van der Waals surface area contributed by atoms with Crippen LogP contribution in [-0.4, -0.2) is 54.3 Å². The number of morpholine rings is 1. The predicted octanol–water partition coefficient (Wildman–Crippen LogP) is 1.42. The maximum Gasteiger partial charge on any atom is 0.334 e. The molecule has 7 heteroatoms. The minimum absolute atomic E-state index is 0.0785. The lowest BCUT2D eigenvalue weighted by atomic mass is 10.2. The molecule has 1 unspecified atom stereocenters. The zero-order valence-corrected chi connectivity index (χ0v) is 12.1. The monoisotopic (exact) mass is 313 g/mol. The van der Waals surface area contributed by atoms with Crippen LogP contribution in [0.3, 0.4) is 0 Å². The molecule has 1 atom stereocenters. The third-order valence-electron chi connectivity index (χ3n) is 3.09. The van der Waals surface area contributed by atoms with Gasteiger partial charge in [-0.25, -0.2) is 4.79 Å². The Morgan fingerprint density at radius 2 is 2.10 bits per heavy atom. The number of amides is 1. The third-order valence-corrected chi connectivity index (χ3v) is 3.34. The first-order chi connectivity index (χ1) is 10.1. The van der Waals surface area contributed by atoms with Crippen molar-refractivity contribution >= 4 is 23.5 Å². The van der Waals surface area contributed by atoms with E-state index in [2.05, 4.69) is 0 Å². The molecule has 1 aliphatic heterocycles. The lowest BCUT2D eigenvalue weighted by Gasteiger charge is -2.30. The molecule has 1 aliphatic rings. The number of hydrogen-bond acceptors (Lipinski definition) is 4. The van der Waals surface area contributed by atoms with Gasteiger partial charge in [0.1, 0.15) is 5.75 Å². The van der Waals surface area contributed by atoms with Crippen LogP contribution in [0.15, 0.2) is 24.3 Å². The topological polar surface area (TPSA) is 76.1 Å². The van der Waals surface area contributed by atoms with E-state index in [1.807, 2.05) is 0 Å². The molecule has 1 amide bonds. The minimum atomic E-state index is -1.05. The summed E-state index contributed by atoms with van der Waals surface area (Å²) in [6.45, 7) is 0.953. The van der Waals surface area contributed by atoms with E-state index < -0.39 is 12.1 Å². The highest BCUT2D eigenvalue weighted by atomic mass is 35.5. The van der Waals surface area contributed by atoms with Crippen molar-refractivity contribution in [2.45, 2.75) is 12.5 Å². The molecule has 0 bridgehead atoms. The van der Waals surface area contributed by atoms with E-state index in [1.165, 1.54) is 4.90 Å². The average molecular weight is 314 g/mol. The second kappa shape index (κ2) is 7.28. The maximum absolute atomic E-state index is 12.0. The van der Waals surface area contributed by atoms with Gasteiger partial charge < -0.3 is 19.5 Å². The van der Waals surface area contributed by atoms with Crippen molar-refractivity contribution in [2.24, 2.45) is 0 Å². The Hall–Kier alpha value is -1.79. The highest BCUT2D eigenvalue weighted by molar-refractivity contribution is 6.30. The fourth-order valence-corrected chi connectivity index (χ4v) is 2.10. The SMILES string of the molecule is O=C(O)C1CN(C(=O)CCOc2ccc(Cl)cc2)CCO1. The van der Waals surface area contributed by atoms with Crippen LogP contribution in [-0.2, 0) is 14.3 Å². The highest BCUT2D eigenvalue weighted by Crippen LogP contribution is 2.16. The first kappa shape index (κ1) is 15.6. The van der Waals surface area contributed by atoms with Crippen LogP contribution in [0.4, 0.5) is 0 Å². The van der Waals surface area contributed by atoms with Gasteiger partial charge in [-0.2, -0.15) is 0 Å². The molecule has 0 saturated carbocycles. The van der Waals surface area contributed by atoms with Crippen molar-refractivity contribution in [3.05, 3.63) is 29.3 Å². The van der Waals surface area contributed by atoms with Crippen molar-refractivity contribution in [3.8, 4) is 5.75 Å². The standard InChI is InChI=1S/C14H16ClNO5/c15-10-1-3-11(4-2-10)20-7-5-13(17)16-6-8-21-12(9-16)14(18)19/h1-4,12H,5-9H2,(H,18,19). The molecule has 0 aliphatic carbocycles. The Kier molecular flexibility index (Phi) is 5.41. The molecule has 1 aromatic carbocycles. The lowest BCUT2D eigenvalue weighted by molar-refractivity contribution is -0.159. The number of nitrogens with zero attached hydrogens (tertiary/aromatic N) is 1. The third kappa shape index (κ3) is 4.61. The van der Waals surface area contributed by atoms with Crippen LogP contribution in [0.1, 0.15) is 6.42 Å². The summed E-state index contributed by atoms with van der Waals surface area (Å²) in [4.78, 5) is 24.3. The molecule has 1 aromatic rings. The summed E-state index contributed by atoms with van der Waals surface area (Å²) in [5, 5.41) is 9.50. The van der Waals surface area contributed by atoms with Crippen molar-refractivity contribution in [3.63, 3.8) is 0 Å². The van der Waals surface area contributed by atoms with Gasteiger partial charge in [0, 0.05) is 11.6 Å². The summed E-state index contributed by atoms with van der Waals surface area (Å²) in [7, 11) is 0. The summed E-state index contributed by atoms with van der Waals surface area (Å²) in [5.74, 6) is -0.555. The number of halogens is 1. The van der Waals surface area contributed by atoms with Gasteiger partial charge in [0.2, 0.25) is 5.91 Å². The normalized spacial score (nSPS) is 18.3. The molecule has 2 rings (SSSR count). The quantitative estimate of drug-likeness (QED) is 0.889. The number of carbonyl (C=O) groups is 2. The van der Waals surface area contributed by atoms with Crippen LogP contribution in [0.5, 0.6) is 5.75 Å². The van der Waals surface area contributed by atoms with Crippen LogP contribution in [0.25, 0.3) is 0 Å². The molecule has 6 nitrogen and oxygen atoms in total. The van der Waals surface area contributed by atoms with E-state index >= 15 is 0 Å². The van der Waals surface area contributed by atoms with Gasteiger partial charge in [0.15, 0.2) is 6.10 Å². The van der Waals surface area contributed by atoms with Crippen LogP contribution in [0.2, 0.25) is 5.02 Å². The van der Waals surface area contributed by atoms with Gasteiger partial charge in [-0.1, -0.05) is 11.6 Å². The zero-order valence-electron chi connectivity index (χ0n) is 11.3. The number of aliphatic carboxylic acids is 1. The molecular formula is C14H16ClNO5. The van der Waals surface area contributed by atoms with Crippen LogP contribution in [0, 0.1) is 0 Å². The fraction of sp³-hybridized carbons (Fsp3) is 0.429. The molecular weight excluding hydrogens is 298 g/mol. The van der Waals surface area contributed by atoms with Gasteiger partial charge in [0.05, 0.1) is 26.2 Å². The second-order valence-electron chi connectivity index (χ2n) is 4.59. The van der Waals surface area contributed by atoms with Crippen molar-refractivity contribution in [1.82, 2.24) is 4.90 Å². The first-order valence-electron chi connectivity index (χ1n) is 6.57. The molecule has 1 N–H and O–H groups in total. The Morgan fingerprint density at radius 3 is 2.76 bits per heavy atom. The van der Waals surface area contributed by atoms with E-state index in [9.17, 15) is 9.59 Å². The summed E-state index contributed by atoms with van der Waals surface area (Å²) in [6, 6.07) is 6.86. The Balaban J connectivity index is 1.76. The number of hydrogen-bond donors (Lipinski definition) is 1. The van der Waals surface area contributed by atoms with Gasteiger partial charge in [-0.05, 0) is 24.3 Å². The fourth-order valence-electron chi connectivity index (χ4n) is 1.97. The van der Waals surface area contributed by atoms with E-state index in [4.69, 9.17) is 26.2 Å². The van der Waals surface area contributed by atoms with Gasteiger partial charge in [-0.15, -0.1) is 0 Å². The number of carbonyl (C=O) groups excluding carboxylic acids is 1. The van der Waals surface area contributed by atoms with Crippen molar-refractivity contribution < 1.29 is 24.2 Å². The second-order valence-corrected chi connectivity index (χ2v) is 5.03. The first-order valence-corrected chi connectivity index (χ1v) is 6.94. The lowest BCUT2D eigenvalue weighted by Crippen LogP contribution is -2.48. The Morgan fingerprint density at radius 1 is 1.38 bits per heavy atom. The minimum Gasteiger partial charge on any atom is -0.493 e. The molecule has 0 aromatic heterocycles. The molecule has 1 fully saturated rings. The number of carboxylic acids is 1. The van der Waals surface area contributed by atoms with Crippen LogP contribution < -0.4 is 4.74 Å².